The van der Waals surface area contributed by atoms with E-state index in [1.807, 2.05) is 0 Å². The molecule has 0 spiro atoms. The summed E-state index contributed by atoms with van der Waals surface area (Å²) in [6.45, 7) is 4.05. The number of rotatable bonds is 33. The van der Waals surface area contributed by atoms with Crippen LogP contribution < -0.4 is 0 Å². The molecule has 3 atom stereocenters. The van der Waals surface area contributed by atoms with Crippen molar-refractivity contribution in [3.05, 3.63) is 36.5 Å². The Balaban J connectivity index is 1.94. The Morgan fingerprint density at radius 1 is 0.609 bits per heavy atom. The Labute approximate surface area is 282 Å². The van der Waals surface area contributed by atoms with E-state index >= 15 is 0 Å². The van der Waals surface area contributed by atoms with Crippen LogP contribution in [0.4, 0.5) is 0 Å². The molecule has 0 saturated carbocycles. The summed E-state index contributed by atoms with van der Waals surface area (Å²) in [7, 11) is 0. The zero-order valence-electron chi connectivity index (χ0n) is 29.8. The fourth-order valence-corrected chi connectivity index (χ4v) is 5.53. The van der Waals surface area contributed by atoms with E-state index in [0.29, 0.717) is 25.0 Å². The van der Waals surface area contributed by atoms with Crippen molar-refractivity contribution in [2.75, 3.05) is 13.2 Å². The topological polar surface area (TPSA) is 85.4 Å². The number of aliphatic hydroxyl groups excluding tert-OH is 1. The predicted octanol–water partition coefficient (Wildman–Crippen LogP) is 10.7. The van der Waals surface area contributed by atoms with Gasteiger partial charge in [0.2, 0.25) is 0 Å². The minimum Gasteiger partial charge on any atom is -0.462 e. The van der Waals surface area contributed by atoms with Crippen LogP contribution in [0.5, 0.6) is 0 Å². The standard InChI is InChI=1S/C40H70O6/c1-3-5-7-9-11-13-14-15-16-17-19-21-23-28-32-39(42)44-35-36(34-41)45-40(43)33-29-25-24-27-31-38-37(46-38)30-26-22-20-18-12-10-8-6-4-2/h12,18,22,24,26-27,36-38,41H,3-11,13-17,19-21,23,25,28-35H2,1-2H3/b18-12-,26-22-,27-24-/t36-,37?,38?/m0/s1. The molecule has 1 aliphatic heterocycles. The highest BCUT2D eigenvalue weighted by Gasteiger charge is 2.35. The molecule has 1 saturated heterocycles. The van der Waals surface area contributed by atoms with Gasteiger partial charge in [-0.15, -0.1) is 0 Å². The van der Waals surface area contributed by atoms with E-state index in [1.54, 1.807) is 0 Å². The van der Waals surface area contributed by atoms with Crippen molar-refractivity contribution in [2.24, 2.45) is 0 Å². The van der Waals surface area contributed by atoms with Gasteiger partial charge in [0.25, 0.3) is 0 Å². The molecule has 266 valence electrons. The minimum atomic E-state index is -0.803. The third-order valence-corrected chi connectivity index (χ3v) is 8.59. The molecule has 1 N–H and O–H groups in total. The van der Waals surface area contributed by atoms with Gasteiger partial charge in [0.1, 0.15) is 6.61 Å². The van der Waals surface area contributed by atoms with Crippen molar-refractivity contribution in [2.45, 2.75) is 193 Å². The van der Waals surface area contributed by atoms with Gasteiger partial charge in [-0.3, -0.25) is 9.59 Å². The number of carbonyl (C=O) groups excluding carboxylic acids is 2. The first-order valence-electron chi connectivity index (χ1n) is 19.2. The predicted molar refractivity (Wildman–Crippen MR) is 191 cm³/mol. The molecule has 1 fully saturated rings. The summed E-state index contributed by atoms with van der Waals surface area (Å²) >= 11 is 0. The zero-order valence-corrected chi connectivity index (χ0v) is 29.8. The first-order valence-corrected chi connectivity index (χ1v) is 19.2. The molecule has 0 aromatic rings. The minimum absolute atomic E-state index is 0.0902. The lowest BCUT2D eigenvalue weighted by Gasteiger charge is -2.15. The van der Waals surface area contributed by atoms with Gasteiger partial charge in [-0.1, -0.05) is 147 Å². The normalized spacial score (nSPS) is 16.9. The summed E-state index contributed by atoms with van der Waals surface area (Å²) in [5.74, 6) is -0.662. The lowest BCUT2D eigenvalue weighted by molar-refractivity contribution is -0.161. The molecule has 6 nitrogen and oxygen atoms in total. The molecule has 0 amide bonds. The summed E-state index contributed by atoms with van der Waals surface area (Å²) in [4.78, 5) is 24.2. The second kappa shape index (κ2) is 31.7. The zero-order chi connectivity index (χ0) is 33.3. The Morgan fingerprint density at radius 3 is 1.70 bits per heavy atom. The third-order valence-electron chi connectivity index (χ3n) is 8.59. The number of hydrogen-bond acceptors (Lipinski definition) is 6. The molecule has 1 heterocycles. The number of hydrogen-bond donors (Lipinski definition) is 1. The summed E-state index contributed by atoms with van der Waals surface area (Å²) in [5.41, 5.74) is 0. The lowest BCUT2D eigenvalue weighted by Crippen LogP contribution is -2.28. The Morgan fingerprint density at radius 2 is 1.09 bits per heavy atom. The van der Waals surface area contributed by atoms with E-state index < -0.39 is 6.10 Å². The maximum absolute atomic E-state index is 12.2. The quantitative estimate of drug-likeness (QED) is 0.0330. The molecule has 0 aromatic heterocycles. The molecular formula is C40H70O6. The highest BCUT2D eigenvalue weighted by atomic mass is 16.6. The van der Waals surface area contributed by atoms with Crippen LogP contribution in [0.15, 0.2) is 36.5 Å². The van der Waals surface area contributed by atoms with Crippen LogP contribution >= 0.6 is 0 Å². The number of allylic oxidation sites excluding steroid dienone is 4. The van der Waals surface area contributed by atoms with Gasteiger partial charge in [0, 0.05) is 12.8 Å². The second-order valence-corrected chi connectivity index (χ2v) is 13.0. The number of carbonyl (C=O) groups is 2. The van der Waals surface area contributed by atoms with Crippen molar-refractivity contribution in [3.63, 3.8) is 0 Å². The molecule has 0 radical (unpaired) electrons. The van der Waals surface area contributed by atoms with Gasteiger partial charge in [-0.2, -0.15) is 0 Å². The van der Waals surface area contributed by atoms with Crippen molar-refractivity contribution in [1.82, 2.24) is 0 Å². The van der Waals surface area contributed by atoms with Crippen molar-refractivity contribution in [1.29, 1.82) is 0 Å². The highest BCUT2D eigenvalue weighted by molar-refractivity contribution is 5.70. The molecular weight excluding hydrogens is 576 g/mol. The van der Waals surface area contributed by atoms with E-state index in [2.05, 4.69) is 50.3 Å². The van der Waals surface area contributed by atoms with Crippen molar-refractivity contribution >= 4 is 11.9 Å². The number of aliphatic hydroxyl groups is 1. The van der Waals surface area contributed by atoms with E-state index in [1.165, 1.54) is 96.3 Å². The molecule has 0 aromatic carbocycles. The SMILES string of the molecule is CCCCC/C=C\C/C=C\CC1OC1C/C=C\CCCC(=O)O[C@@H](CO)COC(=O)CCCCCCCCCCCCCCCC. The highest BCUT2D eigenvalue weighted by Crippen LogP contribution is 2.29. The number of epoxide rings is 1. The number of unbranched alkanes of at least 4 members (excludes halogenated alkanes) is 17. The van der Waals surface area contributed by atoms with Crippen molar-refractivity contribution < 1.29 is 28.9 Å². The smallest absolute Gasteiger partial charge is 0.306 e. The average Bonchev–Trinajstić information content (AvgIpc) is 3.81. The fourth-order valence-electron chi connectivity index (χ4n) is 5.53. The monoisotopic (exact) mass is 647 g/mol. The van der Waals surface area contributed by atoms with Crippen LogP contribution in [0.25, 0.3) is 0 Å². The molecule has 0 aliphatic carbocycles. The largest absolute Gasteiger partial charge is 0.462 e. The van der Waals surface area contributed by atoms with Crippen LogP contribution in [-0.2, 0) is 23.8 Å². The van der Waals surface area contributed by atoms with Gasteiger partial charge < -0.3 is 19.3 Å². The lowest BCUT2D eigenvalue weighted by atomic mass is 10.0. The molecule has 1 aliphatic rings. The van der Waals surface area contributed by atoms with Crippen LogP contribution in [0.3, 0.4) is 0 Å². The summed E-state index contributed by atoms with van der Waals surface area (Å²) < 4.78 is 16.3. The molecule has 2 unspecified atom stereocenters. The summed E-state index contributed by atoms with van der Waals surface area (Å²) in [6.07, 6.45) is 40.9. The first-order chi connectivity index (χ1) is 22.6. The van der Waals surface area contributed by atoms with Crippen LogP contribution in [0, 0.1) is 0 Å². The van der Waals surface area contributed by atoms with E-state index in [9.17, 15) is 14.7 Å². The molecule has 1 rings (SSSR count). The Kier molecular flexibility index (Phi) is 29.0. The molecule has 46 heavy (non-hydrogen) atoms. The Bertz CT molecular complexity index is 804. The van der Waals surface area contributed by atoms with Gasteiger partial charge in [0.05, 0.1) is 18.8 Å². The van der Waals surface area contributed by atoms with Gasteiger partial charge in [-0.05, 0) is 51.4 Å². The van der Waals surface area contributed by atoms with E-state index in [0.717, 1.165) is 44.9 Å². The molecule has 0 bridgehead atoms. The second-order valence-electron chi connectivity index (χ2n) is 13.0. The maximum atomic E-state index is 12.2. The summed E-state index contributed by atoms with van der Waals surface area (Å²) in [5, 5.41) is 9.55. The first kappa shape index (κ1) is 42.1. The molecule has 6 heteroatoms. The maximum Gasteiger partial charge on any atom is 0.306 e. The van der Waals surface area contributed by atoms with Gasteiger partial charge in [0.15, 0.2) is 6.10 Å². The van der Waals surface area contributed by atoms with Crippen LogP contribution in [0.2, 0.25) is 0 Å². The summed E-state index contributed by atoms with van der Waals surface area (Å²) in [6, 6.07) is 0. The number of esters is 2. The third kappa shape index (κ3) is 27.2. The fraction of sp³-hybridized carbons (Fsp3) is 0.800. The van der Waals surface area contributed by atoms with Gasteiger partial charge in [-0.25, -0.2) is 0 Å². The Hall–Kier alpha value is -1.92. The average molecular weight is 647 g/mol. The number of ether oxygens (including phenoxy) is 3. The van der Waals surface area contributed by atoms with Gasteiger partial charge >= 0.3 is 11.9 Å². The van der Waals surface area contributed by atoms with E-state index in [-0.39, 0.29) is 31.6 Å². The van der Waals surface area contributed by atoms with Crippen LogP contribution in [0.1, 0.15) is 174 Å². The van der Waals surface area contributed by atoms with Crippen molar-refractivity contribution in [3.8, 4) is 0 Å². The van der Waals surface area contributed by atoms with E-state index in [4.69, 9.17) is 14.2 Å². The van der Waals surface area contributed by atoms with Crippen LogP contribution in [-0.4, -0.2) is 48.6 Å².